The number of nitrogens with one attached hydrogen (secondary N) is 1. The van der Waals surface area contributed by atoms with Crippen LogP contribution in [0.15, 0.2) is 5.38 Å². The van der Waals surface area contributed by atoms with Crippen LogP contribution in [0.5, 0.6) is 0 Å². The van der Waals surface area contributed by atoms with Gasteiger partial charge in [0.1, 0.15) is 5.01 Å². The molecule has 7 nitrogen and oxygen atoms in total. The number of hydrogen-bond acceptors (Lipinski definition) is 6. The molecule has 0 spiro atoms. The van der Waals surface area contributed by atoms with E-state index in [9.17, 15) is 9.59 Å². The number of methoxy groups -OCH3 is 2. The highest BCUT2D eigenvalue weighted by atomic mass is 32.1. The molecule has 0 bridgehead atoms. The summed E-state index contributed by atoms with van der Waals surface area (Å²) in [6.45, 7) is 4.25. The highest BCUT2D eigenvalue weighted by Crippen LogP contribution is 2.13. The van der Waals surface area contributed by atoms with E-state index < -0.39 is 5.97 Å². The Hall–Kier alpha value is -1.67. The second-order valence-electron chi connectivity index (χ2n) is 4.97. The Morgan fingerprint density at radius 1 is 1.35 bits per heavy atom. The van der Waals surface area contributed by atoms with Crippen LogP contribution in [0.4, 0.5) is 4.79 Å². The lowest BCUT2D eigenvalue weighted by atomic mass is 10.3. The molecule has 0 aliphatic heterocycles. The number of ether oxygens (including phenoxy) is 2. The molecule has 0 aliphatic rings. The van der Waals surface area contributed by atoms with E-state index in [0.29, 0.717) is 31.2 Å². The van der Waals surface area contributed by atoms with Crippen molar-refractivity contribution in [1.82, 2.24) is 15.2 Å². The molecule has 0 aromatic carbocycles. The maximum atomic E-state index is 12.3. The SMILES string of the molecule is CCCCNC(=O)N(CCCOC)Cc1nc(C(=O)OC)cs1. The van der Waals surface area contributed by atoms with E-state index in [2.05, 4.69) is 22.0 Å². The number of rotatable bonds is 10. The molecule has 0 atom stereocenters. The van der Waals surface area contributed by atoms with Crippen molar-refractivity contribution in [1.29, 1.82) is 0 Å². The summed E-state index contributed by atoms with van der Waals surface area (Å²) in [7, 11) is 2.95. The Morgan fingerprint density at radius 2 is 2.13 bits per heavy atom. The van der Waals surface area contributed by atoms with Gasteiger partial charge in [-0.2, -0.15) is 0 Å². The molecule has 0 saturated heterocycles. The van der Waals surface area contributed by atoms with Gasteiger partial charge in [-0.3, -0.25) is 0 Å². The summed E-state index contributed by atoms with van der Waals surface area (Å²) in [4.78, 5) is 29.6. The lowest BCUT2D eigenvalue weighted by Gasteiger charge is -2.22. The van der Waals surface area contributed by atoms with Crippen LogP contribution in [0.3, 0.4) is 0 Å². The van der Waals surface area contributed by atoms with Gasteiger partial charge in [0.05, 0.1) is 13.7 Å². The zero-order chi connectivity index (χ0) is 17.1. The fourth-order valence-corrected chi connectivity index (χ4v) is 2.66. The Bertz CT molecular complexity index is 493. The molecular weight excluding hydrogens is 318 g/mol. The van der Waals surface area contributed by atoms with Gasteiger partial charge in [-0.15, -0.1) is 11.3 Å². The summed E-state index contributed by atoms with van der Waals surface area (Å²) in [6.07, 6.45) is 2.72. The van der Waals surface area contributed by atoms with Crippen LogP contribution in [0.2, 0.25) is 0 Å². The molecule has 0 aliphatic carbocycles. The molecule has 0 unspecified atom stereocenters. The molecule has 1 aromatic rings. The van der Waals surface area contributed by atoms with Crippen LogP contribution in [0.25, 0.3) is 0 Å². The number of nitrogens with zero attached hydrogens (tertiary/aromatic N) is 2. The van der Waals surface area contributed by atoms with Crippen molar-refractivity contribution in [2.45, 2.75) is 32.7 Å². The largest absolute Gasteiger partial charge is 0.464 e. The van der Waals surface area contributed by atoms with Crippen molar-refractivity contribution in [3.63, 3.8) is 0 Å². The monoisotopic (exact) mass is 343 g/mol. The normalized spacial score (nSPS) is 10.4. The number of carbonyl (C=O) groups excluding carboxylic acids is 2. The Morgan fingerprint density at radius 3 is 2.78 bits per heavy atom. The predicted octanol–water partition coefficient (Wildman–Crippen LogP) is 2.28. The van der Waals surface area contributed by atoms with E-state index in [1.54, 1.807) is 17.4 Å². The highest BCUT2D eigenvalue weighted by molar-refractivity contribution is 7.09. The van der Waals surface area contributed by atoms with Gasteiger partial charge in [0, 0.05) is 32.2 Å². The third-order valence-electron chi connectivity index (χ3n) is 3.14. The van der Waals surface area contributed by atoms with Gasteiger partial charge in [0.2, 0.25) is 0 Å². The lowest BCUT2D eigenvalue weighted by Crippen LogP contribution is -2.40. The minimum atomic E-state index is -0.467. The van der Waals surface area contributed by atoms with Gasteiger partial charge in [-0.05, 0) is 12.8 Å². The first-order chi connectivity index (χ1) is 11.1. The van der Waals surface area contributed by atoms with Gasteiger partial charge in [-0.1, -0.05) is 13.3 Å². The van der Waals surface area contributed by atoms with E-state index in [-0.39, 0.29) is 11.7 Å². The van der Waals surface area contributed by atoms with Crippen LogP contribution in [-0.4, -0.2) is 55.8 Å². The highest BCUT2D eigenvalue weighted by Gasteiger charge is 2.17. The number of urea groups is 1. The number of esters is 1. The summed E-state index contributed by atoms with van der Waals surface area (Å²) < 4.78 is 9.68. The van der Waals surface area contributed by atoms with Gasteiger partial charge >= 0.3 is 12.0 Å². The number of hydrogen-bond donors (Lipinski definition) is 1. The lowest BCUT2D eigenvalue weighted by molar-refractivity contribution is 0.0594. The first kappa shape index (κ1) is 19.4. The summed E-state index contributed by atoms with van der Waals surface area (Å²) in [5.74, 6) is -0.467. The van der Waals surface area contributed by atoms with Crippen molar-refractivity contribution < 1.29 is 19.1 Å². The van der Waals surface area contributed by atoms with Crippen LogP contribution >= 0.6 is 11.3 Å². The maximum Gasteiger partial charge on any atom is 0.357 e. The second kappa shape index (κ2) is 11.0. The zero-order valence-electron chi connectivity index (χ0n) is 14.0. The number of thiazole rings is 1. The topological polar surface area (TPSA) is 80.8 Å². The van der Waals surface area contributed by atoms with Crippen molar-refractivity contribution in [2.75, 3.05) is 33.9 Å². The fraction of sp³-hybridized carbons (Fsp3) is 0.667. The zero-order valence-corrected chi connectivity index (χ0v) is 14.8. The molecule has 1 aromatic heterocycles. The Balaban J connectivity index is 2.65. The molecule has 130 valence electrons. The number of aromatic nitrogens is 1. The molecule has 8 heteroatoms. The average Bonchev–Trinajstić information content (AvgIpc) is 3.02. The molecule has 0 saturated carbocycles. The molecule has 0 fully saturated rings. The molecule has 2 amide bonds. The van der Waals surface area contributed by atoms with Crippen LogP contribution < -0.4 is 5.32 Å². The Labute approximate surface area is 141 Å². The molecule has 23 heavy (non-hydrogen) atoms. The van der Waals surface area contributed by atoms with Gasteiger partial charge in [0.15, 0.2) is 5.69 Å². The van der Waals surface area contributed by atoms with Gasteiger partial charge in [-0.25, -0.2) is 14.6 Å². The second-order valence-corrected chi connectivity index (χ2v) is 5.91. The van der Waals surface area contributed by atoms with Crippen LogP contribution in [0, 0.1) is 0 Å². The van der Waals surface area contributed by atoms with Crippen molar-refractivity contribution in [3.8, 4) is 0 Å². The summed E-state index contributed by atoms with van der Waals surface area (Å²) >= 11 is 1.34. The van der Waals surface area contributed by atoms with E-state index in [1.807, 2.05) is 0 Å². The van der Waals surface area contributed by atoms with Gasteiger partial charge < -0.3 is 19.7 Å². The molecular formula is C15H25N3O4S. The van der Waals surface area contributed by atoms with E-state index >= 15 is 0 Å². The number of carbonyl (C=O) groups is 2. The van der Waals surface area contributed by atoms with E-state index in [0.717, 1.165) is 19.3 Å². The minimum Gasteiger partial charge on any atom is -0.464 e. The minimum absolute atomic E-state index is 0.121. The standard InChI is InChI=1S/C15H25N3O4S/c1-4-5-7-16-15(20)18(8-6-9-21-2)10-13-17-12(11-23-13)14(19)22-3/h11H,4-10H2,1-3H3,(H,16,20). The van der Waals surface area contributed by atoms with E-state index in [4.69, 9.17) is 4.74 Å². The van der Waals surface area contributed by atoms with Crippen molar-refractivity contribution in [2.24, 2.45) is 0 Å². The first-order valence-electron chi connectivity index (χ1n) is 7.66. The number of unbranched alkanes of at least 4 members (excludes halogenated alkanes) is 1. The first-order valence-corrected chi connectivity index (χ1v) is 8.54. The summed E-state index contributed by atoms with van der Waals surface area (Å²) in [5, 5.41) is 5.25. The third kappa shape index (κ3) is 6.96. The molecule has 1 rings (SSSR count). The Kier molecular flexibility index (Phi) is 9.23. The molecule has 0 radical (unpaired) electrons. The van der Waals surface area contributed by atoms with E-state index in [1.165, 1.54) is 18.4 Å². The quantitative estimate of drug-likeness (QED) is 0.521. The summed E-state index contributed by atoms with van der Waals surface area (Å²) in [6, 6.07) is -0.121. The predicted molar refractivity (Wildman–Crippen MR) is 88.7 cm³/mol. The average molecular weight is 343 g/mol. The summed E-state index contributed by atoms with van der Waals surface area (Å²) in [5.41, 5.74) is 0.274. The maximum absolute atomic E-state index is 12.3. The molecule has 1 N–H and O–H groups in total. The smallest absolute Gasteiger partial charge is 0.357 e. The molecule has 1 heterocycles. The van der Waals surface area contributed by atoms with Crippen LogP contribution in [0.1, 0.15) is 41.7 Å². The third-order valence-corrected chi connectivity index (χ3v) is 3.98. The van der Waals surface area contributed by atoms with Crippen molar-refractivity contribution in [3.05, 3.63) is 16.1 Å². The van der Waals surface area contributed by atoms with Gasteiger partial charge in [0.25, 0.3) is 0 Å². The van der Waals surface area contributed by atoms with Crippen LogP contribution in [-0.2, 0) is 16.0 Å². The van der Waals surface area contributed by atoms with Crippen molar-refractivity contribution >= 4 is 23.3 Å². The fourth-order valence-electron chi connectivity index (χ4n) is 1.88. The number of amides is 2.